The molecule has 0 aromatic heterocycles. The summed E-state index contributed by atoms with van der Waals surface area (Å²) in [4.78, 5) is 23.6. The Balaban J connectivity index is 1.92. The van der Waals surface area contributed by atoms with E-state index in [2.05, 4.69) is 12.2 Å². The third-order valence-corrected chi connectivity index (χ3v) is 6.05. The Morgan fingerprint density at radius 2 is 1.85 bits per heavy atom. The van der Waals surface area contributed by atoms with Crippen molar-refractivity contribution in [2.45, 2.75) is 63.8 Å². The Morgan fingerprint density at radius 3 is 2.38 bits per heavy atom. The van der Waals surface area contributed by atoms with Crippen molar-refractivity contribution in [3.63, 3.8) is 0 Å². The number of carboxylic acids is 1. The second-order valence-electron chi connectivity index (χ2n) is 7.27. The minimum Gasteiger partial charge on any atom is -0.480 e. The molecule has 144 valence electrons. The lowest BCUT2D eigenvalue weighted by Crippen LogP contribution is -2.41. The van der Waals surface area contributed by atoms with Gasteiger partial charge in [0.05, 0.1) is 0 Å². The van der Waals surface area contributed by atoms with Gasteiger partial charge in [-0.3, -0.25) is 4.79 Å². The van der Waals surface area contributed by atoms with Crippen LogP contribution in [0.1, 0.15) is 73.7 Å². The molecular weight excluding hydrogens is 346 g/mol. The molecule has 0 bridgehead atoms. The molecule has 26 heavy (non-hydrogen) atoms. The lowest BCUT2D eigenvalue weighted by Gasteiger charge is -2.28. The second-order valence-corrected chi connectivity index (χ2v) is 8.26. The van der Waals surface area contributed by atoms with E-state index < -0.39 is 12.0 Å². The first-order valence-corrected chi connectivity index (χ1v) is 11.1. The van der Waals surface area contributed by atoms with Crippen molar-refractivity contribution in [2.75, 3.05) is 12.0 Å². The van der Waals surface area contributed by atoms with Gasteiger partial charge in [0, 0.05) is 5.56 Å². The summed E-state index contributed by atoms with van der Waals surface area (Å²) < 4.78 is 0. The van der Waals surface area contributed by atoms with Crippen LogP contribution < -0.4 is 5.32 Å². The van der Waals surface area contributed by atoms with Crippen LogP contribution >= 0.6 is 11.8 Å². The normalized spacial score (nSPS) is 21.2. The number of rotatable bonds is 9. The van der Waals surface area contributed by atoms with Gasteiger partial charge in [-0.2, -0.15) is 11.8 Å². The molecule has 0 saturated heterocycles. The Kier molecular flexibility index (Phi) is 8.49. The minimum atomic E-state index is -0.979. The first-order valence-electron chi connectivity index (χ1n) is 9.67. The summed E-state index contributed by atoms with van der Waals surface area (Å²) in [5.41, 5.74) is 1.83. The fourth-order valence-corrected chi connectivity index (χ4v) is 4.31. The van der Waals surface area contributed by atoms with E-state index in [4.69, 9.17) is 0 Å². The van der Waals surface area contributed by atoms with E-state index in [0.29, 0.717) is 23.7 Å². The predicted octanol–water partition coefficient (Wildman–Crippen LogP) is 4.70. The Labute approximate surface area is 161 Å². The number of aliphatic carboxylic acids is 1. The van der Waals surface area contributed by atoms with E-state index in [9.17, 15) is 14.7 Å². The maximum atomic E-state index is 12.3. The third kappa shape index (κ3) is 6.04. The zero-order valence-corrected chi connectivity index (χ0v) is 16.7. The number of hydrogen-bond acceptors (Lipinski definition) is 3. The van der Waals surface area contributed by atoms with Crippen LogP contribution in [0.5, 0.6) is 0 Å². The summed E-state index contributed by atoms with van der Waals surface area (Å²) >= 11 is 1.58. The van der Waals surface area contributed by atoms with Gasteiger partial charge in [-0.15, -0.1) is 0 Å². The number of amides is 1. The average molecular weight is 378 g/mol. The maximum absolute atomic E-state index is 12.3. The molecule has 1 aliphatic carbocycles. The van der Waals surface area contributed by atoms with E-state index in [1.54, 1.807) is 11.8 Å². The van der Waals surface area contributed by atoms with E-state index in [1.165, 1.54) is 44.1 Å². The van der Waals surface area contributed by atoms with E-state index >= 15 is 0 Å². The van der Waals surface area contributed by atoms with Crippen molar-refractivity contribution in [2.24, 2.45) is 5.92 Å². The summed E-state index contributed by atoms with van der Waals surface area (Å²) in [7, 11) is 0. The van der Waals surface area contributed by atoms with Crippen LogP contribution in [0, 0.1) is 5.92 Å². The largest absolute Gasteiger partial charge is 0.480 e. The Bertz CT molecular complexity index is 579. The molecule has 0 unspecified atom stereocenters. The number of carbonyl (C=O) groups excluding carboxylic acids is 1. The number of hydrogen-bond donors (Lipinski definition) is 2. The highest BCUT2D eigenvalue weighted by molar-refractivity contribution is 7.98. The van der Waals surface area contributed by atoms with Gasteiger partial charge in [0.1, 0.15) is 6.04 Å². The molecule has 1 atom stereocenters. The molecule has 4 nitrogen and oxygen atoms in total. The lowest BCUT2D eigenvalue weighted by molar-refractivity contribution is -0.139. The highest BCUT2D eigenvalue weighted by Gasteiger charge is 2.23. The van der Waals surface area contributed by atoms with Gasteiger partial charge < -0.3 is 10.4 Å². The Morgan fingerprint density at radius 1 is 1.19 bits per heavy atom. The summed E-state index contributed by atoms with van der Waals surface area (Å²) in [5, 5.41) is 11.9. The third-order valence-electron chi connectivity index (χ3n) is 5.40. The molecule has 5 heteroatoms. The number of thioether (sulfide) groups is 1. The van der Waals surface area contributed by atoms with Gasteiger partial charge in [0.25, 0.3) is 5.91 Å². The molecule has 0 heterocycles. The first-order chi connectivity index (χ1) is 12.5. The van der Waals surface area contributed by atoms with Gasteiger partial charge in [0.2, 0.25) is 0 Å². The fourth-order valence-electron chi connectivity index (χ4n) is 3.83. The quantitative estimate of drug-likeness (QED) is 0.655. The smallest absolute Gasteiger partial charge is 0.326 e. The molecule has 1 fully saturated rings. The molecule has 1 amide bonds. The highest BCUT2D eigenvalue weighted by Crippen LogP contribution is 2.37. The summed E-state index contributed by atoms with van der Waals surface area (Å²) in [6.45, 7) is 2.26. The standard InChI is InChI=1S/C21H31NO3S/c1-3-4-15-5-7-16(8-6-15)17-9-11-18(12-10-17)20(23)22-19(21(24)25)13-14-26-2/h9-12,15-16,19H,3-8,13-14H2,1-2H3,(H,22,23)(H,24,25)/t15?,16?,19-/m0/s1. The Hall–Kier alpha value is -1.49. The molecule has 2 N–H and O–H groups in total. The first kappa shape index (κ1) is 20.8. The van der Waals surface area contributed by atoms with Gasteiger partial charge in [-0.05, 0) is 73.6 Å². The zero-order chi connectivity index (χ0) is 18.9. The molecular formula is C21H31NO3S. The van der Waals surface area contributed by atoms with Crippen LogP contribution in [0.4, 0.5) is 0 Å². The molecule has 2 rings (SSSR count). The van der Waals surface area contributed by atoms with Crippen molar-refractivity contribution >= 4 is 23.6 Å². The average Bonchev–Trinajstić information content (AvgIpc) is 2.66. The molecule has 0 aliphatic heterocycles. The SMILES string of the molecule is CCCC1CCC(c2ccc(C(=O)N[C@@H](CCSC)C(=O)O)cc2)CC1. The van der Waals surface area contributed by atoms with Gasteiger partial charge >= 0.3 is 5.97 Å². The van der Waals surface area contributed by atoms with Crippen molar-refractivity contribution in [3.05, 3.63) is 35.4 Å². The molecule has 1 aliphatic rings. The fraction of sp³-hybridized carbons (Fsp3) is 0.619. The van der Waals surface area contributed by atoms with Crippen molar-refractivity contribution in [1.82, 2.24) is 5.32 Å². The lowest BCUT2D eigenvalue weighted by atomic mass is 9.77. The van der Waals surface area contributed by atoms with Crippen LogP contribution in [-0.4, -0.2) is 35.0 Å². The number of carboxylic acid groups (broad SMARTS) is 1. The number of benzene rings is 1. The van der Waals surface area contributed by atoms with Crippen LogP contribution in [0.3, 0.4) is 0 Å². The van der Waals surface area contributed by atoms with E-state index in [-0.39, 0.29) is 5.91 Å². The second kappa shape index (κ2) is 10.6. The van der Waals surface area contributed by atoms with Crippen LogP contribution in [0.15, 0.2) is 24.3 Å². The number of carbonyl (C=O) groups is 2. The van der Waals surface area contributed by atoms with Crippen LogP contribution in [0.2, 0.25) is 0 Å². The molecule has 0 radical (unpaired) electrons. The van der Waals surface area contributed by atoms with Crippen LogP contribution in [0.25, 0.3) is 0 Å². The maximum Gasteiger partial charge on any atom is 0.326 e. The van der Waals surface area contributed by atoms with E-state index in [1.807, 2.05) is 30.5 Å². The van der Waals surface area contributed by atoms with Gasteiger partial charge in [-0.25, -0.2) is 4.79 Å². The minimum absolute atomic E-state index is 0.309. The van der Waals surface area contributed by atoms with Crippen molar-refractivity contribution in [1.29, 1.82) is 0 Å². The predicted molar refractivity (Wildman–Crippen MR) is 108 cm³/mol. The molecule has 1 aromatic rings. The summed E-state index contributed by atoms with van der Waals surface area (Å²) in [6, 6.07) is 6.91. The van der Waals surface area contributed by atoms with Crippen LogP contribution in [-0.2, 0) is 4.79 Å². The van der Waals surface area contributed by atoms with Crippen molar-refractivity contribution < 1.29 is 14.7 Å². The summed E-state index contributed by atoms with van der Waals surface area (Å²) in [6.07, 6.45) is 10.0. The molecule has 1 saturated carbocycles. The van der Waals surface area contributed by atoms with Gasteiger partial charge in [0.15, 0.2) is 0 Å². The number of nitrogens with one attached hydrogen (secondary N) is 1. The monoisotopic (exact) mass is 377 g/mol. The molecule has 1 aromatic carbocycles. The topological polar surface area (TPSA) is 66.4 Å². The van der Waals surface area contributed by atoms with E-state index in [0.717, 1.165) is 5.92 Å². The van der Waals surface area contributed by atoms with Gasteiger partial charge in [-0.1, -0.05) is 31.9 Å². The zero-order valence-electron chi connectivity index (χ0n) is 15.9. The highest BCUT2D eigenvalue weighted by atomic mass is 32.2. The van der Waals surface area contributed by atoms with Crippen molar-refractivity contribution in [3.8, 4) is 0 Å². The summed E-state index contributed by atoms with van der Waals surface area (Å²) in [5.74, 6) is 0.894. The molecule has 0 spiro atoms.